The van der Waals surface area contributed by atoms with Crippen molar-refractivity contribution < 1.29 is 0 Å². The van der Waals surface area contributed by atoms with Crippen molar-refractivity contribution in [2.45, 2.75) is 77.8 Å². The monoisotopic (exact) mass is 366 g/mol. The fourth-order valence-corrected chi connectivity index (χ4v) is 4.67. The van der Waals surface area contributed by atoms with Gasteiger partial charge in [-0.3, -0.25) is 0 Å². The first-order valence-electron chi connectivity index (χ1n) is 10.5. The number of anilines is 1. The van der Waals surface area contributed by atoms with Gasteiger partial charge in [0.25, 0.3) is 0 Å². The average molecular weight is 367 g/mol. The molecule has 144 valence electrons. The molecule has 6 heteroatoms. The van der Waals surface area contributed by atoms with Gasteiger partial charge in [0.2, 0.25) is 5.82 Å². The fourth-order valence-electron chi connectivity index (χ4n) is 4.67. The maximum Gasteiger partial charge on any atom is 0.236 e. The van der Waals surface area contributed by atoms with Gasteiger partial charge in [-0.2, -0.15) is 15.2 Å². The van der Waals surface area contributed by atoms with E-state index in [0.29, 0.717) is 29.6 Å². The van der Waals surface area contributed by atoms with Gasteiger partial charge in [-0.05, 0) is 57.3 Å². The third kappa shape index (κ3) is 3.52. The lowest BCUT2D eigenvalue weighted by atomic mass is 9.79. The number of hydrogen-bond donors (Lipinski definition) is 1. The summed E-state index contributed by atoms with van der Waals surface area (Å²) in [6, 6.07) is 2.79. The van der Waals surface area contributed by atoms with Crippen LogP contribution in [0.15, 0.2) is 6.33 Å². The standard InChI is InChI=1S/C21H30N6/c1-13-7-9-17(10-8-13)15(3)27-12-23-20-19(27)21(26-18(11-22)25-20)24-14(2)16-5-4-6-16/h12-17H,4-10H2,1-3H3,(H,24,25,26)/t13?,14-,15?,17?/m1/s1. The molecule has 0 saturated heterocycles. The highest BCUT2D eigenvalue weighted by molar-refractivity contribution is 5.84. The number of aromatic nitrogens is 4. The molecule has 4 rings (SSSR count). The summed E-state index contributed by atoms with van der Waals surface area (Å²) >= 11 is 0. The van der Waals surface area contributed by atoms with Gasteiger partial charge in [0.1, 0.15) is 11.6 Å². The molecule has 0 aromatic carbocycles. The van der Waals surface area contributed by atoms with Crippen LogP contribution in [0.5, 0.6) is 0 Å². The van der Waals surface area contributed by atoms with Crippen LogP contribution in [0.25, 0.3) is 11.2 Å². The lowest BCUT2D eigenvalue weighted by Gasteiger charge is -2.33. The van der Waals surface area contributed by atoms with Crippen molar-refractivity contribution in [1.29, 1.82) is 5.26 Å². The Morgan fingerprint density at radius 3 is 2.48 bits per heavy atom. The van der Waals surface area contributed by atoms with Gasteiger partial charge in [0, 0.05) is 12.1 Å². The van der Waals surface area contributed by atoms with Gasteiger partial charge in [0.05, 0.1) is 6.33 Å². The Bertz CT molecular complexity index is 838. The second-order valence-electron chi connectivity index (χ2n) is 8.72. The number of nitrogens with one attached hydrogen (secondary N) is 1. The molecule has 2 aromatic heterocycles. The molecule has 27 heavy (non-hydrogen) atoms. The Hall–Kier alpha value is -2.16. The molecule has 2 atom stereocenters. The van der Waals surface area contributed by atoms with E-state index < -0.39 is 0 Å². The Morgan fingerprint density at radius 2 is 1.85 bits per heavy atom. The quantitative estimate of drug-likeness (QED) is 0.830. The van der Waals surface area contributed by atoms with E-state index in [-0.39, 0.29) is 5.82 Å². The highest BCUT2D eigenvalue weighted by Gasteiger charge is 2.28. The van der Waals surface area contributed by atoms with Crippen molar-refractivity contribution in [2.75, 3.05) is 5.32 Å². The van der Waals surface area contributed by atoms with E-state index in [1.807, 2.05) is 6.33 Å². The molecule has 0 amide bonds. The summed E-state index contributed by atoms with van der Waals surface area (Å²) < 4.78 is 2.24. The van der Waals surface area contributed by atoms with E-state index in [1.54, 1.807) is 0 Å². The van der Waals surface area contributed by atoms with Gasteiger partial charge in [0.15, 0.2) is 11.5 Å². The van der Waals surface area contributed by atoms with Crippen LogP contribution >= 0.6 is 0 Å². The first kappa shape index (κ1) is 18.2. The van der Waals surface area contributed by atoms with Crippen molar-refractivity contribution in [1.82, 2.24) is 19.5 Å². The molecule has 0 radical (unpaired) electrons. The van der Waals surface area contributed by atoms with Crippen LogP contribution in [0.3, 0.4) is 0 Å². The first-order valence-corrected chi connectivity index (χ1v) is 10.5. The second kappa shape index (κ2) is 7.46. The maximum absolute atomic E-state index is 9.33. The van der Waals surface area contributed by atoms with Gasteiger partial charge >= 0.3 is 0 Å². The lowest BCUT2D eigenvalue weighted by molar-refractivity contribution is 0.227. The third-order valence-electron chi connectivity index (χ3n) is 6.93. The predicted molar refractivity (Wildman–Crippen MR) is 106 cm³/mol. The molecule has 2 heterocycles. The number of nitrogens with zero attached hydrogens (tertiary/aromatic N) is 5. The summed E-state index contributed by atoms with van der Waals surface area (Å²) in [7, 11) is 0. The normalized spacial score (nSPS) is 25.6. The molecule has 2 fully saturated rings. The van der Waals surface area contributed by atoms with Crippen LogP contribution in [0, 0.1) is 29.1 Å². The van der Waals surface area contributed by atoms with Crippen molar-refractivity contribution in [3.63, 3.8) is 0 Å². The van der Waals surface area contributed by atoms with E-state index in [4.69, 9.17) is 0 Å². The van der Waals surface area contributed by atoms with Crippen LogP contribution in [0.1, 0.15) is 77.6 Å². The molecular weight excluding hydrogens is 336 g/mol. The number of imidazole rings is 1. The van der Waals surface area contributed by atoms with Gasteiger partial charge in [-0.25, -0.2) is 4.98 Å². The van der Waals surface area contributed by atoms with Crippen LogP contribution in [0.2, 0.25) is 0 Å². The Labute approximate surface area is 161 Å². The first-order chi connectivity index (χ1) is 13.1. The average Bonchev–Trinajstić information content (AvgIpc) is 3.04. The molecule has 2 aliphatic carbocycles. The number of hydrogen-bond acceptors (Lipinski definition) is 5. The maximum atomic E-state index is 9.33. The molecule has 0 spiro atoms. The van der Waals surface area contributed by atoms with Crippen molar-refractivity contribution in [3.8, 4) is 6.07 Å². The van der Waals surface area contributed by atoms with Crippen molar-refractivity contribution in [3.05, 3.63) is 12.2 Å². The Kier molecular flexibility index (Phi) is 5.03. The molecule has 0 aliphatic heterocycles. The predicted octanol–water partition coefficient (Wildman–Crippen LogP) is 4.69. The lowest BCUT2D eigenvalue weighted by Crippen LogP contribution is -2.31. The summed E-state index contributed by atoms with van der Waals surface area (Å²) in [4.78, 5) is 13.4. The van der Waals surface area contributed by atoms with Gasteiger partial charge in [-0.15, -0.1) is 0 Å². The molecule has 1 unspecified atom stereocenters. The molecule has 6 nitrogen and oxygen atoms in total. The number of fused-ring (bicyclic) bond motifs is 1. The third-order valence-corrected chi connectivity index (χ3v) is 6.93. The second-order valence-corrected chi connectivity index (χ2v) is 8.72. The fraction of sp³-hybridized carbons (Fsp3) is 0.714. The molecule has 0 bridgehead atoms. The molecule has 2 aromatic rings. The topological polar surface area (TPSA) is 79.4 Å². The zero-order valence-corrected chi connectivity index (χ0v) is 16.6. The summed E-state index contributed by atoms with van der Waals surface area (Å²) in [6.45, 7) is 6.87. The van der Waals surface area contributed by atoms with E-state index in [9.17, 15) is 5.26 Å². The number of rotatable bonds is 5. The highest BCUT2D eigenvalue weighted by Crippen LogP contribution is 2.38. The SMILES string of the molecule is CC1CCC(C(C)n2cnc3nc(C#N)nc(N[C@H](C)C4CCC4)c32)CC1. The van der Waals surface area contributed by atoms with E-state index in [2.05, 4.69) is 51.7 Å². The van der Waals surface area contributed by atoms with Crippen LogP contribution in [-0.2, 0) is 0 Å². The smallest absolute Gasteiger partial charge is 0.236 e. The van der Waals surface area contributed by atoms with Crippen LogP contribution in [0.4, 0.5) is 5.82 Å². The summed E-state index contributed by atoms with van der Waals surface area (Å²) in [5.41, 5.74) is 1.58. The zero-order chi connectivity index (χ0) is 19.0. The van der Waals surface area contributed by atoms with Crippen LogP contribution in [-0.4, -0.2) is 25.6 Å². The molecule has 1 N–H and O–H groups in total. The van der Waals surface area contributed by atoms with E-state index >= 15 is 0 Å². The van der Waals surface area contributed by atoms with E-state index in [0.717, 1.165) is 17.3 Å². The van der Waals surface area contributed by atoms with Crippen molar-refractivity contribution >= 4 is 17.0 Å². The minimum atomic E-state index is 0.190. The zero-order valence-electron chi connectivity index (χ0n) is 16.6. The molecule has 2 saturated carbocycles. The van der Waals surface area contributed by atoms with Gasteiger partial charge in [-0.1, -0.05) is 26.2 Å². The minimum Gasteiger partial charge on any atom is -0.365 e. The highest BCUT2D eigenvalue weighted by atomic mass is 15.2. The van der Waals surface area contributed by atoms with Gasteiger partial charge < -0.3 is 9.88 Å². The van der Waals surface area contributed by atoms with Crippen LogP contribution < -0.4 is 5.32 Å². The molecular formula is C21H30N6. The Balaban J connectivity index is 1.67. The molecule has 2 aliphatic rings. The largest absolute Gasteiger partial charge is 0.365 e. The summed E-state index contributed by atoms with van der Waals surface area (Å²) in [5.74, 6) is 3.15. The minimum absolute atomic E-state index is 0.190. The Morgan fingerprint density at radius 1 is 1.11 bits per heavy atom. The summed E-state index contributed by atoms with van der Waals surface area (Å²) in [6.07, 6.45) is 10.9. The van der Waals surface area contributed by atoms with Crippen molar-refractivity contribution in [2.24, 2.45) is 17.8 Å². The number of nitriles is 1. The van der Waals surface area contributed by atoms with E-state index in [1.165, 1.54) is 44.9 Å². The summed E-state index contributed by atoms with van der Waals surface area (Å²) in [5, 5.41) is 12.9.